The number of H-pyrrole nitrogens is 1. The summed E-state index contributed by atoms with van der Waals surface area (Å²) in [5.74, 6) is 1.13. The molecule has 4 rings (SSSR count). The molecule has 1 N–H and O–H groups in total. The molecule has 0 aliphatic carbocycles. The summed E-state index contributed by atoms with van der Waals surface area (Å²) >= 11 is 0. The van der Waals surface area contributed by atoms with E-state index in [-0.39, 0.29) is 17.4 Å². The van der Waals surface area contributed by atoms with Gasteiger partial charge in [0.15, 0.2) is 0 Å². The van der Waals surface area contributed by atoms with Crippen molar-refractivity contribution >= 4 is 10.0 Å². The molecule has 0 aromatic carbocycles. The van der Waals surface area contributed by atoms with Crippen LogP contribution in [0.5, 0.6) is 5.88 Å². The third-order valence-electron chi connectivity index (χ3n) is 5.04. The number of hydrogen-bond acceptors (Lipinski definition) is 8. The van der Waals surface area contributed by atoms with Crippen LogP contribution in [0.1, 0.15) is 36.0 Å². The second-order valence-corrected chi connectivity index (χ2v) is 8.88. The first-order valence-corrected chi connectivity index (χ1v) is 10.7. The van der Waals surface area contributed by atoms with Crippen LogP contribution in [0.15, 0.2) is 27.7 Å². The Bertz CT molecular complexity index is 1100. The van der Waals surface area contributed by atoms with Gasteiger partial charge in [-0.3, -0.25) is 5.10 Å². The number of aromatic nitrogens is 5. The molecule has 1 saturated heterocycles. The number of piperidine rings is 1. The quantitative estimate of drug-likeness (QED) is 0.667. The van der Waals surface area contributed by atoms with Gasteiger partial charge in [0.2, 0.25) is 27.6 Å². The van der Waals surface area contributed by atoms with Gasteiger partial charge < -0.3 is 9.26 Å². The minimum Gasteiger partial charge on any atom is -0.481 e. The smallest absolute Gasteiger partial charge is 0.246 e. The Morgan fingerprint density at radius 1 is 1.34 bits per heavy atom. The number of sulfonamides is 1. The van der Waals surface area contributed by atoms with Crippen LogP contribution in [0, 0.1) is 13.8 Å². The van der Waals surface area contributed by atoms with Crippen molar-refractivity contribution in [1.82, 2.24) is 29.6 Å². The van der Waals surface area contributed by atoms with E-state index in [4.69, 9.17) is 9.26 Å². The highest BCUT2D eigenvalue weighted by atomic mass is 32.2. The Balaban J connectivity index is 1.57. The Morgan fingerprint density at radius 2 is 2.17 bits per heavy atom. The fourth-order valence-corrected chi connectivity index (χ4v) is 5.45. The second kappa shape index (κ2) is 7.56. The maximum Gasteiger partial charge on any atom is 0.246 e. The van der Waals surface area contributed by atoms with Crippen molar-refractivity contribution in [3.63, 3.8) is 0 Å². The predicted molar refractivity (Wildman–Crippen MR) is 103 cm³/mol. The van der Waals surface area contributed by atoms with E-state index in [1.165, 1.54) is 11.4 Å². The number of aryl methyl sites for hydroxylation is 2. The van der Waals surface area contributed by atoms with Crippen LogP contribution in [0.4, 0.5) is 0 Å². The maximum absolute atomic E-state index is 13.1. The van der Waals surface area contributed by atoms with Gasteiger partial charge in [0.05, 0.1) is 24.4 Å². The lowest BCUT2D eigenvalue weighted by Crippen LogP contribution is -2.39. The van der Waals surface area contributed by atoms with Crippen LogP contribution in [0.2, 0.25) is 0 Å². The molecule has 1 atom stereocenters. The maximum atomic E-state index is 13.1. The zero-order valence-electron chi connectivity index (χ0n) is 16.4. The molecular formula is C18H22N6O4S. The summed E-state index contributed by atoms with van der Waals surface area (Å²) in [7, 11) is -2.11. The Kier molecular flexibility index (Phi) is 5.09. The van der Waals surface area contributed by atoms with Crippen LogP contribution in [-0.2, 0) is 10.0 Å². The van der Waals surface area contributed by atoms with Gasteiger partial charge in [0.1, 0.15) is 4.90 Å². The normalized spacial score (nSPS) is 18.1. The van der Waals surface area contributed by atoms with E-state index in [1.54, 1.807) is 32.2 Å². The molecule has 11 heteroatoms. The van der Waals surface area contributed by atoms with Crippen molar-refractivity contribution in [3.8, 4) is 17.3 Å². The van der Waals surface area contributed by atoms with Gasteiger partial charge in [-0.05, 0) is 32.8 Å². The van der Waals surface area contributed by atoms with Crippen LogP contribution in [0.25, 0.3) is 11.4 Å². The van der Waals surface area contributed by atoms with Crippen molar-refractivity contribution in [2.75, 3.05) is 20.2 Å². The molecule has 0 radical (unpaired) electrons. The number of nitrogens with one attached hydrogen (secondary N) is 1. The van der Waals surface area contributed by atoms with Gasteiger partial charge in [-0.1, -0.05) is 5.16 Å². The van der Waals surface area contributed by atoms with E-state index < -0.39 is 10.0 Å². The molecule has 4 heterocycles. The van der Waals surface area contributed by atoms with Gasteiger partial charge in [-0.25, -0.2) is 13.4 Å². The number of aromatic amines is 1. The number of hydrogen-bond donors (Lipinski definition) is 1. The second-order valence-electron chi connectivity index (χ2n) is 7.01. The fourth-order valence-electron chi connectivity index (χ4n) is 3.59. The molecule has 0 spiro atoms. The number of ether oxygens (including phenoxy) is 1. The minimum absolute atomic E-state index is 0.170. The summed E-state index contributed by atoms with van der Waals surface area (Å²) in [5, 5.41) is 10.8. The van der Waals surface area contributed by atoms with E-state index in [9.17, 15) is 8.42 Å². The molecule has 154 valence electrons. The standard InChI is InChI=1S/C18H22N6O4S/c1-11-16(12(2)22-21-11)29(25,26)24-8-4-5-14(10-24)18-20-17(23-28-18)13-6-7-19-15(9-13)27-3/h6-7,9,14H,4-5,8,10H2,1-3H3,(H,21,22). The largest absolute Gasteiger partial charge is 0.481 e. The Hall–Kier alpha value is -2.79. The first kappa shape index (κ1) is 19.5. The van der Waals surface area contributed by atoms with Crippen LogP contribution < -0.4 is 4.74 Å². The topological polar surface area (TPSA) is 127 Å². The molecule has 0 saturated carbocycles. The van der Waals surface area contributed by atoms with Crippen LogP contribution in [0.3, 0.4) is 0 Å². The molecule has 1 aliphatic rings. The lowest BCUT2D eigenvalue weighted by atomic mass is 10.00. The summed E-state index contributed by atoms with van der Waals surface area (Å²) in [6.45, 7) is 4.13. The summed E-state index contributed by atoms with van der Waals surface area (Å²) in [5.41, 5.74) is 1.73. The summed E-state index contributed by atoms with van der Waals surface area (Å²) in [4.78, 5) is 8.80. The van der Waals surface area contributed by atoms with Crippen molar-refractivity contribution in [2.45, 2.75) is 37.5 Å². The number of nitrogens with zero attached hydrogens (tertiary/aromatic N) is 5. The number of rotatable bonds is 5. The molecule has 1 unspecified atom stereocenters. The van der Waals surface area contributed by atoms with Crippen molar-refractivity contribution in [2.24, 2.45) is 0 Å². The third-order valence-corrected chi connectivity index (χ3v) is 7.16. The van der Waals surface area contributed by atoms with Gasteiger partial charge in [0, 0.05) is 30.9 Å². The van der Waals surface area contributed by atoms with Crippen molar-refractivity contribution in [1.29, 1.82) is 0 Å². The monoisotopic (exact) mass is 418 g/mol. The zero-order chi connectivity index (χ0) is 20.6. The predicted octanol–water partition coefficient (Wildman–Crippen LogP) is 2.05. The Morgan fingerprint density at radius 3 is 2.90 bits per heavy atom. The highest BCUT2D eigenvalue weighted by molar-refractivity contribution is 7.89. The molecule has 1 aliphatic heterocycles. The molecule has 0 bridgehead atoms. The molecule has 29 heavy (non-hydrogen) atoms. The summed E-state index contributed by atoms with van der Waals surface area (Å²) in [6, 6.07) is 3.48. The first-order chi connectivity index (χ1) is 13.9. The highest BCUT2D eigenvalue weighted by Gasteiger charge is 2.35. The lowest BCUT2D eigenvalue weighted by molar-refractivity contribution is 0.265. The zero-order valence-corrected chi connectivity index (χ0v) is 17.2. The van der Waals surface area contributed by atoms with E-state index in [0.717, 1.165) is 12.0 Å². The van der Waals surface area contributed by atoms with Crippen molar-refractivity contribution < 1.29 is 17.7 Å². The third kappa shape index (κ3) is 3.62. The lowest BCUT2D eigenvalue weighted by Gasteiger charge is -2.30. The number of methoxy groups -OCH3 is 1. The van der Waals surface area contributed by atoms with E-state index in [0.29, 0.717) is 41.9 Å². The average molecular weight is 418 g/mol. The molecule has 3 aromatic heterocycles. The molecule has 1 fully saturated rings. The molecule has 0 amide bonds. The van der Waals surface area contributed by atoms with Gasteiger partial charge >= 0.3 is 0 Å². The van der Waals surface area contributed by atoms with Crippen LogP contribution in [-0.4, -0.2) is 58.2 Å². The van der Waals surface area contributed by atoms with Crippen molar-refractivity contribution in [3.05, 3.63) is 35.6 Å². The summed E-state index contributed by atoms with van der Waals surface area (Å²) < 4.78 is 38.4. The van der Waals surface area contributed by atoms with Gasteiger partial charge in [-0.2, -0.15) is 14.4 Å². The Labute approximate surface area is 168 Å². The van der Waals surface area contributed by atoms with Gasteiger partial charge in [-0.15, -0.1) is 0 Å². The fraction of sp³-hybridized carbons (Fsp3) is 0.444. The minimum atomic E-state index is -3.65. The van der Waals surface area contributed by atoms with E-state index in [2.05, 4.69) is 25.3 Å². The average Bonchev–Trinajstić information content (AvgIpc) is 3.35. The molecule has 3 aromatic rings. The first-order valence-electron chi connectivity index (χ1n) is 9.26. The SMILES string of the molecule is COc1cc(-c2noc(C3CCCN(S(=O)(=O)c4c(C)n[nH]c4C)C3)n2)ccn1. The summed E-state index contributed by atoms with van der Waals surface area (Å²) in [6.07, 6.45) is 3.09. The molecular weight excluding hydrogens is 396 g/mol. The number of pyridine rings is 1. The van der Waals surface area contributed by atoms with Crippen LogP contribution >= 0.6 is 0 Å². The molecule has 10 nitrogen and oxygen atoms in total. The van der Waals surface area contributed by atoms with Gasteiger partial charge in [0.25, 0.3) is 0 Å². The van der Waals surface area contributed by atoms with E-state index in [1.807, 2.05) is 0 Å². The highest BCUT2D eigenvalue weighted by Crippen LogP contribution is 2.32. The van der Waals surface area contributed by atoms with E-state index >= 15 is 0 Å².